The molecular weight excluding hydrogens is 528 g/mol. The van der Waals surface area contributed by atoms with E-state index in [1.54, 1.807) is 13.3 Å². The first kappa shape index (κ1) is 29.0. The van der Waals surface area contributed by atoms with Crippen molar-refractivity contribution < 1.29 is 14.4 Å². The van der Waals surface area contributed by atoms with E-state index in [2.05, 4.69) is 34.1 Å². The van der Waals surface area contributed by atoms with E-state index in [9.17, 15) is 14.4 Å². The molecule has 42 heavy (non-hydrogen) atoms. The maximum Gasteiger partial charge on any atom is 0.223 e. The third kappa shape index (κ3) is 4.86. The number of carbonyl (C=O) groups is 3. The number of unbranched alkanes of at least 4 members (excludes halogenated alkanes) is 3. The molecule has 0 bridgehead atoms. The highest BCUT2D eigenvalue weighted by atomic mass is 16.2. The Labute approximate surface area is 248 Å². The molecule has 6 rings (SSSR count). The zero-order valence-electron chi connectivity index (χ0n) is 25.4. The summed E-state index contributed by atoms with van der Waals surface area (Å²) >= 11 is 0. The van der Waals surface area contributed by atoms with E-state index in [4.69, 9.17) is 5.73 Å². The molecule has 9 nitrogen and oxygen atoms in total. The van der Waals surface area contributed by atoms with Crippen molar-refractivity contribution >= 4 is 34.5 Å². The fourth-order valence-electron chi connectivity index (χ4n) is 9.66. The number of nitrogen functional groups attached to an aromatic ring is 1. The van der Waals surface area contributed by atoms with Crippen molar-refractivity contribution in [3.8, 4) is 0 Å². The molecule has 3 fully saturated rings. The van der Waals surface area contributed by atoms with Gasteiger partial charge in [0.2, 0.25) is 5.91 Å². The number of anilines is 1. The first-order valence-corrected chi connectivity index (χ1v) is 16.1. The molecule has 226 valence electrons. The second kappa shape index (κ2) is 11.2. The third-order valence-corrected chi connectivity index (χ3v) is 11.9. The highest BCUT2D eigenvalue weighted by Crippen LogP contribution is 2.67. The number of rotatable bonds is 9. The third-order valence-electron chi connectivity index (χ3n) is 11.9. The van der Waals surface area contributed by atoms with Crippen LogP contribution in [0.2, 0.25) is 0 Å². The van der Waals surface area contributed by atoms with Gasteiger partial charge >= 0.3 is 0 Å². The quantitative estimate of drug-likeness (QED) is 0.401. The lowest BCUT2D eigenvalue weighted by atomic mass is 9.44. The van der Waals surface area contributed by atoms with Crippen LogP contribution in [0.25, 0.3) is 11.2 Å². The van der Waals surface area contributed by atoms with Gasteiger partial charge in [-0.15, -0.1) is 0 Å². The van der Waals surface area contributed by atoms with E-state index in [-0.39, 0.29) is 40.3 Å². The van der Waals surface area contributed by atoms with Gasteiger partial charge in [0.05, 0.1) is 6.33 Å². The summed E-state index contributed by atoms with van der Waals surface area (Å²) in [6, 6.07) is 0. The normalized spacial score (nSPS) is 33.9. The molecule has 2 aromatic heterocycles. The number of allylic oxidation sites excluding steroid dienone is 1. The Balaban J connectivity index is 1.08. The number of ketones is 2. The first-order chi connectivity index (χ1) is 20.1. The molecule has 1 amide bonds. The summed E-state index contributed by atoms with van der Waals surface area (Å²) in [6.45, 7) is 7.92. The number of hydrogen-bond donors (Lipinski definition) is 2. The molecule has 0 saturated heterocycles. The average molecular weight is 575 g/mol. The second-order valence-corrected chi connectivity index (χ2v) is 14.0. The Bertz CT molecular complexity index is 1420. The van der Waals surface area contributed by atoms with Gasteiger partial charge in [0.1, 0.15) is 17.6 Å². The lowest BCUT2D eigenvalue weighted by molar-refractivity contribution is -0.141. The molecule has 0 spiro atoms. The monoisotopic (exact) mass is 574 g/mol. The number of Topliss-reactive ketones (excluding diaryl/α,β-unsaturated/α-hetero) is 1. The summed E-state index contributed by atoms with van der Waals surface area (Å²) in [5, 5.41) is 3.30. The van der Waals surface area contributed by atoms with Crippen molar-refractivity contribution in [1.29, 1.82) is 0 Å². The van der Waals surface area contributed by atoms with Crippen LogP contribution >= 0.6 is 0 Å². The van der Waals surface area contributed by atoms with Gasteiger partial charge in [0.25, 0.3) is 0 Å². The predicted molar refractivity (Wildman–Crippen MR) is 161 cm³/mol. The summed E-state index contributed by atoms with van der Waals surface area (Å²) < 4.78 is 2.02. The van der Waals surface area contributed by atoms with Crippen LogP contribution in [-0.2, 0) is 20.9 Å². The Morgan fingerprint density at radius 3 is 2.67 bits per heavy atom. The Hall–Kier alpha value is -3.10. The number of amides is 1. The number of nitrogens with one attached hydrogen (secondary N) is 1. The lowest BCUT2D eigenvalue weighted by Crippen LogP contribution is -2.56. The number of imidazole rings is 1. The molecule has 2 aromatic rings. The minimum atomic E-state index is -0.125. The fourth-order valence-corrected chi connectivity index (χ4v) is 9.66. The van der Waals surface area contributed by atoms with Crippen LogP contribution in [0.5, 0.6) is 0 Å². The molecule has 7 atom stereocenters. The maximum absolute atomic E-state index is 13.9. The molecule has 2 heterocycles. The maximum atomic E-state index is 13.9. The highest BCUT2D eigenvalue weighted by Gasteiger charge is 2.62. The van der Waals surface area contributed by atoms with E-state index in [0.717, 1.165) is 70.0 Å². The number of carbonyl (C=O) groups excluding carboxylic acids is 3. The molecule has 3 saturated carbocycles. The Kier molecular flexibility index (Phi) is 7.73. The van der Waals surface area contributed by atoms with Crippen molar-refractivity contribution in [2.75, 3.05) is 12.3 Å². The van der Waals surface area contributed by atoms with Crippen LogP contribution in [0.15, 0.2) is 24.3 Å². The molecule has 4 aliphatic rings. The van der Waals surface area contributed by atoms with Crippen LogP contribution in [0.4, 0.5) is 5.82 Å². The molecule has 0 aliphatic heterocycles. The lowest BCUT2D eigenvalue weighted by Gasteiger charge is -2.60. The molecule has 4 aliphatic carbocycles. The summed E-state index contributed by atoms with van der Waals surface area (Å²) in [5.41, 5.74) is 8.47. The van der Waals surface area contributed by atoms with E-state index >= 15 is 0 Å². The standard InChI is InChI=1S/C33H46N6O3/c1-20(40)24-8-9-25-27-23(17-21-16-22(41)10-12-32(21,2)26(27)11-13-33(24,25)3)31(42)35-14-6-4-5-7-15-39-19-38-28-29(34)36-18-37-30(28)39/h16,18-19,23-27H,4-15,17H2,1-3H3,(H,35,42)(H2,34,36,37)/t23-,24-,25+,26+,27+,32+,33-/m1/s1. The van der Waals surface area contributed by atoms with E-state index < -0.39 is 0 Å². The van der Waals surface area contributed by atoms with Crippen molar-refractivity contribution in [3.63, 3.8) is 0 Å². The van der Waals surface area contributed by atoms with E-state index in [0.29, 0.717) is 48.3 Å². The van der Waals surface area contributed by atoms with Gasteiger partial charge in [-0.25, -0.2) is 15.0 Å². The Morgan fingerprint density at radius 1 is 1.05 bits per heavy atom. The van der Waals surface area contributed by atoms with Gasteiger partial charge in [-0.2, -0.15) is 0 Å². The minimum Gasteiger partial charge on any atom is -0.382 e. The average Bonchev–Trinajstić information content (AvgIpc) is 3.54. The number of nitrogens with zero attached hydrogens (tertiary/aromatic N) is 4. The van der Waals surface area contributed by atoms with Crippen LogP contribution in [-0.4, -0.2) is 43.5 Å². The van der Waals surface area contributed by atoms with Crippen LogP contribution in [0.1, 0.15) is 91.4 Å². The topological polar surface area (TPSA) is 133 Å². The zero-order chi connectivity index (χ0) is 29.6. The van der Waals surface area contributed by atoms with E-state index in [1.165, 1.54) is 11.9 Å². The number of aryl methyl sites for hydroxylation is 1. The molecular formula is C33H46N6O3. The van der Waals surface area contributed by atoms with Gasteiger partial charge in [-0.1, -0.05) is 32.3 Å². The molecule has 0 radical (unpaired) electrons. The summed E-state index contributed by atoms with van der Waals surface area (Å²) in [5.74, 6) is 2.09. The number of fused-ring (bicyclic) bond motifs is 6. The van der Waals surface area contributed by atoms with Crippen molar-refractivity contribution in [3.05, 3.63) is 24.3 Å². The van der Waals surface area contributed by atoms with Gasteiger partial charge in [0, 0.05) is 31.3 Å². The van der Waals surface area contributed by atoms with Crippen molar-refractivity contribution in [1.82, 2.24) is 24.8 Å². The summed E-state index contributed by atoms with van der Waals surface area (Å²) in [7, 11) is 0. The van der Waals surface area contributed by atoms with Gasteiger partial charge in [-0.05, 0) is 93.0 Å². The largest absolute Gasteiger partial charge is 0.382 e. The van der Waals surface area contributed by atoms with Gasteiger partial charge < -0.3 is 15.6 Å². The molecule has 0 unspecified atom stereocenters. The minimum absolute atomic E-state index is 0.0106. The van der Waals surface area contributed by atoms with Crippen LogP contribution in [0.3, 0.4) is 0 Å². The number of aromatic nitrogens is 4. The summed E-state index contributed by atoms with van der Waals surface area (Å²) in [4.78, 5) is 51.7. The molecule has 9 heteroatoms. The summed E-state index contributed by atoms with van der Waals surface area (Å²) in [6.07, 6.45) is 15.4. The highest BCUT2D eigenvalue weighted by molar-refractivity contribution is 5.92. The first-order valence-electron chi connectivity index (χ1n) is 16.1. The van der Waals surface area contributed by atoms with E-state index in [1.807, 2.05) is 10.6 Å². The number of nitrogens with two attached hydrogens (primary N) is 1. The predicted octanol–water partition coefficient (Wildman–Crippen LogP) is 5.05. The zero-order valence-corrected chi connectivity index (χ0v) is 25.4. The molecule has 3 N–H and O–H groups in total. The number of hydrogen-bond acceptors (Lipinski definition) is 7. The second-order valence-electron chi connectivity index (χ2n) is 14.0. The van der Waals surface area contributed by atoms with Crippen LogP contribution < -0.4 is 11.1 Å². The smallest absolute Gasteiger partial charge is 0.223 e. The van der Waals surface area contributed by atoms with Gasteiger partial charge in [0.15, 0.2) is 17.2 Å². The Morgan fingerprint density at radius 2 is 1.86 bits per heavy atom. The van der Waals surface area contributed by atoms with Gasteiger partial charge in [-0.3, -0.25) is 14.4 Å². The van der Waals surface area contributed by atoms with Crippen molar-refractivity contribution in [2.24, 2.45) is 40.4 Å². The fraction of sp³-hybridized carbons (Fsp3) is 0.697. The molecule has 0 aromatic carbocycles. The van der Waals surface area contributed by atoms with Crippen molar-refractivity contribution in [2.45, 2.75) is 97.9 Å². The van der Waals surface area contributed by atoms with Crippen LogP contribution in [0, 0.1) is 40.4 Å². The SMILES string of the molecule is CC(=O)[C@H]1CC[C@H]2[C@@H]3[C@H](C(=O)NCCCCCCn4cnc5c(N)ncnc54)CC4=CC(=O)CC[C@]4(C)[C@H]3CC[C@]12C.